The molecule has 7 heteroatoms. The topological polar surface area (TPSA) is 101 Å². The molecule has 86 valence electrons. The predicted molar refractivity (Wildman–Crippen MR) is 55.2 cm³/mol. The van der Waals surface area contributed by atoms with Gasteiger partial charge in [-0.05, 0) is 6.42 Å². The maximum atomic E-state index is 11.0. The van der Waals surface area contributed by atoms with Crippen molar-refractivity contribution in [2.24, 2.45) is 5.73 Å². The molecule has 0 bridgehead atoms. The molecule has 0 aliphatic heterocycles. The van der Waals surface area contributed by atoms with Gasteiger partial charge in [-0.1, -0.05) is 0 Å². The van der Waals surface area contributed by atoms with E-state index < -0.39 is 17.7 Å². The molecule has 0 aliphatic rings. The normalized spacial score (nSPS) is 9.47. The van der Waals surface area contributed by atoms with Crippen molar-refractivity contribution in [3.8, 4) is 0 Å². The maximum absolute atomic E-state index is 11.0. The van der Waals surface area contributed by atoms with Crippen molar-refractivity contribution in [3.05, 3.63) is 0 Å². The Kier molecular flexibility index (Phi) is 7.57. The van der Waals surface area contributed by atoms with Gasteiger partial charge in [0.2, 0.25) is 17.7 Å². The Balaban J connectivity index is 3.64. The van der Waals surface area contributed by atoms with Crippen molar-refractivity contribution in [3.63, 3.8) is 0 Å². The first-order valence-corrected chi connectivity index (χ1v) is 4.99. The Labute approximate surface area is 92.5 Å². The van der Waals surface area contributed by atoms with Crippen LogP contribution in [0.3, 0.4) is 0 Å². The molecule has 0 saturated carbocycles. The first-order valence-electron chi connectivity index (χ1n) is 4.45. The zero-order valence-electron chi connectivity index (χ0n) is 8.22. The molecule has 0 aromatic rings. The van der Waals surface area contributed by atoms with Crippen LogP contribution >= 0.6 is 11.6 Å². The van der Waals surface area contributed by atoms with Crippen LogP contribution in [0.15, 0.2) is 0 Å². The monoisotopic (exact) mass is 235 g/mol. The van der Waals surface area contributed by atoms with E-state index in [0.717, 1.165) is 0 Å². The van der Waals surface area contributed by atoms with E-state index in [9.17, 15) is 14.4 Å². The van der Waals surface area contributed by atoms with Crippen molar-refractivity contribution in [1.29, 1.82) is 0 Å². The fraction of sp³-hybridized carbons (Fsp3) is 0.625. The number of rotatable bonds is 6. The lowest BCUT2D eigenvalue weighted by Gasteiger charge is -2.04. The molecular formula is C8H14ClN3O3. The number of halogens is 1. The van der Waals surface area contributed by atoms with Crippen molar-refractivity contribution in [2.45, 2.75) is 12.8 Å². The Morgan fingerprint density at radius 1 is 1.13 bits per heavy atom. The summed E-state index contributed by atoms with van der Waals surface area (Å²) in [5.41, 5.74) is 5.00. The minimum Gasteiger partial charge on any atom is -0.346 e. The number of imide groups is 1. The van der Waals surface area contributed by atoms with E-state index in [-0.39, 0.29) is 19.5 Å². The molecular weight excluding hydrogens is 222 g/mol. The zero-order chi connectivity index (χ0) is 11.7. The Bertz CT molecular complexity index is 245. The number of carbonyl (C=O) groups excluding carboxylic acids is 3. The summed E-state index contributed by atoms with van der Waals surface area (Å²) in [6.07, 6.45) is 0.704. The average molecular weight is 236 g/mol. The Morgan fingerprint density at radius 3 is 2.33 bits per heavy atom. The van der Waals surface area contributed by atoms with Gasteiger partial charge in [-0.15, -0.1) is 11.6 Å². The third kappa shape index (κ3) is 7.90. The van der Waals surface area contributed by atoms with Gasteiger partial charge in [-0.3, -0.25) is 19.7 Å². The van der Waals surface area contributed by atoms with Crippen LogP contribution in [-0.2, 0) is 14.4 Å². The average Bonchev–Trinajstić information content (AvgIpc) is 2.22. The predicted octanol–water partition coefficient (Wildman–Crippen LogP) is -1.28. The van der Waals surface area contributed by atoms with Crippen LogP contribution in [0.4, 0.5) is 0 Å². The number of carbonyl (C=O) groups is 3. The third-order valence-electron chi connectivity index (χ3n) is 1.45. The molecule has 0 radical (unpaired) electrons. The molecule has 0 aromatic heterocycles. The summed E-state index contributed by atoms with van der Waals surface area (Å²) >= 11 is 5.37. The molecule has 0 spiro atoms. The first-order chi connectivity index (χ1) is 7.10. The van der Waals surface area contributed by atoms with Gasteiger partial charge in [0.25, 0.3) is 0 Å². The molecule has 0 fully saturated rings. The molecule has 0 saturated heterocycles. The van der Waals surface area contributed by atoms with Gasteiger partial charge in [0.1, 0.15) is 0 Å². The number of hydrogen-bond donors (Lipinski definition) is 3. The lowest BCUT2D eigenvalue weighted by atomic mass is 10.3. The number of amides is 3. The standard InChI is InChI=1S/C8H14ClN3O3/c9-3-1-2-6(13)12-8(15)5-11-7(14)4-10/h1-5,10H2,(H,11,14)(H,12,13,15). The number of hydrogen-bond acceptors (Lipinski definition) is 4. The van der Waals surface area contributed by atoms with Gasteiger partial charge in [0, 0.05) is 12.3 Å². The van der Waals surface area contributed by atoms with Crippen molar-refractivity contribution < 1.29 is 14.4 Å². The zero-order valence-corrected chi connectivity index (χ0v) is 8.97. The Hall–Kier alpha value is -1.14. The number of nitrogens with one attached hydrogen (secondary N) is 2. The van der Waals surface area contributed by atoms with Gasteiger partial charge in [-0.25, -0.2) is 0 Å². The second-order valence-corrected chi connectivity index (χ2v) is 3.12. The number of alkyl halides is 1. The maximum Gasteiger partial charge on any atom is 0.245 e. The molecule has 4 N–H and O–H groups in total. The summed E-state index contributed by atoms with van der Waals surface area (Å²) in [5, 5.41) is 4.34. The van der Waals surface area contributed by atoms with Gasteiger partial charge in [0.05, 0.1) is 13.1 Å². The lowest BCUT2D eigenvalue weighted by Crippen LogP contribution is -2.41. The van der Waals surface area contributed by atoms with E-state index in [4.69, 9.17) is 17.3 Å². The highest BCUT2D eigenvalue weighted by Crippen LogP contribution is 1.90. The Morgan fingerprint density at radius 2 is 1.80 bits per heavy atom. The van der Waals surface area contributed by atoms with E-state index in [0.29, 0.717) is 12.3 Å². The van der Waals surface area contributed by atoms with E-state index in [1.807, 2.05) is 0 Å². The molecule has 0 heterocycles. The van der Waals surface area contributed by atoms with E-state index >= 15 is 0 Å². The van der Waals surface area contributed by atoms with Gasteiger partial charge < -0.3 is 11.1 Å². The molecule has 0 rings (SSSR count). The van der Waals surface area contributed by atoms with Gasteiger partial charge >= 0.3 is 0 Å². The summed E-state index contributed by atoms with van der Waals surface area (Å²) in [6.45, 7) is -0.434. The smallest absolute Gasteiger partial charge is 0.245 e. The SMILES string of the molecule is NCC(=O)NCC(=O)NC(=O)CCCCl. The van der Waals surface area contributed by atoms with Crippen LogP contribution in [0.25, 0.3) is 0 Å². The van der Waals surface area contributed by atoms with Crippen molar-refractivity contribution in [1.82, 2.24) is 10.6 Å². The van der Waals surface area contributed by atoms with Crippen molar-refractivity contribution >= 4 is 29.3 Å². The number of nitrogens with two attached hydrogens (primary N) is 1. The summed E-state index contributed by atoms with van der Waals surface area (Å²) in [4.78, 5) is 32.7. The summed E-state index contributed by atoms with van der Waals surface area (Å²) in [6, 6.07) is 0. The minimum atomic E-state index is -0.559. The second kappa shape index (κ2) is 8.19. The highest BCUT2D eigenvalue weighted by molar-refractivity contribution is 6.18. The van der Waals surface area contributed by atoms with Gasteiger partial charge in [-0.2, -0.15) is 0 Å². The van der Waals surface area contributed by atoms with Crippen LogP contribution in [-0.4, -0.2) is 36.7 Å². The highest BCUT2D eigenvalue weighted by atomic mass is 35.5. The molecule has 0 aromatic carbocycles. The summed E-state index contributed by atoms with van der Waals surface area (Å²) in [7, 11) is 0. The first kappa shape index (κ1) is 13.9. The summed E-state index contributed by atoms with van der Waals surface area (Å²) in [5.74, 6) is -1.04. The van der Waals surface area contributed by atoms with E-state index in [2.05, 4.69) is 10.6 Å². The molecule has 0 aliphatic carbocycles. The fourth-order valence-electron chi connectivity index (χ4n) is 0.741. The minimum absolute atomic E-state index is 0.187. The van der Waals surface area contributed by atoms with E-state index in [1.165, 1.54) is 0 Å². The lowest BCUT2D eigenvalue weighted by molar-refractivity contribution is -0.131. The summed E-state index contributed by atoms with van der Waals surface area (Å²) < 4.78 is 0. The fourth-order valence-corrected chi connectivity index (χ4v) is 0.874. The second-order valence-electron chi connectivity index (χ2n) is 2.74. The highest BCUT2D eigenvalue weighted by Gasteiger charge is 2.07. The molecule has 0 atom stereocenters. The molecule has 3 amide bonds. The van der Waals surface area contributed by atoms with Crippen LogP contribution in [0, 0.1) is 0 Å². The van der Waals surface area contributed by atoms with Crippen molar-refractivity contribution in [2.75, 3.05) is 19.0 Å². The quantitative estimate of drug-likeness (QED) is 0.499. The largest absolute Gasteiger partial charge is 0.346 e. The van der Waals surface area contributed by atoms with Crippen LogP contribution in [0.1, 0.15) is 12.8 Å². The third-order valence-corrected chi connectivity index (χ3v) is 1.72. The molecule has 15 heavy (non-hydrogen) atoms. The van der Waals surface area contributed by atoms with Gasteiger partial charge in [0.15, 0.2) is 0 Å². The molecule has 6 nitrogen and oxygen atoms in total. The molecule has 0 unspecified atom stereocenters. The van der Waals surface area contributed by atoms with Crippen LogP contribution in [0.5, 0.6) is 0 Å². The van der Waals surface area contributed by atoms with Crippen LogP contribution < -0.4 is 16.4 Å². The van der Waals surface area contributed by atoms with Crippen LogP contribution in [0.2, 0.25) is 0 Å². The van der Waals surface area contributed by atoms with E-state index in [1.54, 1.807) is 0 Å².